The maximum Gasteiger partial charge on any atom is 0.192 e. The van der Waals surface area contributed by atoms with E-state index in [0.29, 0.717) is 23.4 Å². The summed E-state index contributed by atoms with van der Waals surface area (Å²) in [5.41, 5.74) is 13.6. The summed E-state index contributed by atoms with van der Waals surface area (Å²) < 4.78 is 11.7. The maximum absolute atomic E-state index is 6.14. The van der Waals surface area contributed by atoms with E-state index in [1.807, 2.05) is 18.2 Å². The van der Waals surface area contributed by atoms with Gasteiger partial charge in [-0.1, -0.05) is 18.2 Å². The molecule has 1 aliphatic heterocycles. The molecule has 1 saturated heterocycles. The molecule has 3 aromatic rings. The van der Waals surface area contributed by atoms with Gasteiger partial charge in [-0.15, -0.1) is 11.3 Å². The molecule has 1 atom stereocenters. The molecule has 0 aliphatic carbocycles. The van der Waals surface area contributed by atoms with Gasteiger partial charge in [0, 0.05) is 23.1 Å². The number of nitrogens with two attached hydrogens (primary N) is 2. The third-order valence-electron chi connectivity index (χ3n) is 5.77. The maximum atomic E-state index is 6.14. The Morgan fingerprint density at radius 3 is 2.50 bits per heavy atom. The smallest absolute Gasteiger partial charge is 0.192 e. The molecule has 34 heavy (non-hydrogen) atoms. The number of anilines is 2. The molecule has 0 bridgehead atoms. The Morgan fingerprint density at radius 1 is 1.06 bits per heavy atom. The Morgan fingerprint density at radius 2 is 1.79 bits per heavy atom. The number of benzene rings is 1. The van der Waals surface area contributed by atoms with Crippen LogP contribution in [-0.4, -0.2) is 53.2 Å². The lowest BCUT2D eigenvalue weighted by Gasteiger charge is -2.26. The van der Waals surface area contributed by atoms with Gasteiger partial charge in [0.15, 0.2) is 16.7 Å². The first-order valence-corrected chi connectivity index (χ1v) is 13.2. The normalized spacial score (nSPS) is 15.3. The van der Waals surface area contributed by atoms with Crippen LogP contribution in [0.15, 0.2) is 29.4 Å². The molecule has 0 spiro atoms. The standard InChI is InChI=1S/C24H32N6O2S2/c1-15-22(16(2)34-24-27-20(25)14-21(26)28-24)29-23(33-15)17-7-8-18(31-3)19(13-17)32-12-11-30-9-5-4-6-10-30/h7-8,13-14,16H,4-6,9-12H2,1-3H3,(H4,25,26,27,28)/t16-/m1/s1. The van der Waals surface area contributed by atoms with Crippen molar-refractivity contribution in [1.29, 1.82) is 0 Å². The Hall–Kier alpha value is -2.56. The summed E-state index contributed by atoms with van der Waals surface area (Å²) in [5, 5.41) is 1.54. The number of hydrogen-bond donors (Lipinski definition) is 2. The van der Waals surface area contributed by atoms with Crippen molar-refractivity contribution in [2.45, 2.75) is 43.5 Å². The van der Waals surface area contributed by atoms with Crippen molar-refractivity contribution in [3.05, 3.63) is 34.8 Å². The molecule has 1 aliphatic rings. The summed E-state index contributed by atoms with van der Waals surface area (Å²) in [5.74, 6) is 2.21. The van der Waals surface area contributed by atoms with Gasteiger partial charge in [-0.2, -0.15) is 0 Å². The quantitative estimate of drug-likeness (QED) is 0.316. The first-order valence-electron chi connectivity index (χ1n) is 11.5. The summed E-state index contributed by atoms with van der Waals surface area (Å²) in [6, 6.07) is 7.55. The Balaban J connectivity index is 1.48. The second kappa shape index (κ2) is 11.2. The van der Waals surface area contributed by atoms with Crippen LogP contribution in [0, 0.1) is 6.92 Å². The number of nitrogens with zero attached hydrogens (tertiary/aromatic N) is 4. The highest BCUT2D eigenvalue weighted by molar-refractivity contribution is 7.99. The number of piperidine rings is 1. The molecule has 182 valence electrons. The monoisotopic (exact) mass is 500 g/mol. The summed E-state index contributed by atoms with van der Waals surface area (Å²) in [4.78, 5) is 17.1. The van der Waals surface area contributed by atoms with E-state index in [2.05, 4.69) is 28.7 Å². The Labute approximate surface area is 209 Å². The van der Waals surface area contributed by atoms with Crippen LogP contribution in [0.1, 0.15) is 42.0 Å². The molecule has 0 saturated carbocycles. The predicted molar refractivity (Wildman–Crippen MR) is 140 cm³/mol. The molecule has 2 aromatic heterocycles. The number of likely N-dealkylation sites (tertiary alicyclic amines) is 1. The highest BCUT2D eigenvalue weighted by Gasteiger charge is 2.19. The highest BCUT2D eigenvalue weighted by Crippen LogP contribution is 2.40. The fraction of sp³-hybridized carbons (Fsp3) is 0.458. The predicted octanol–water partition coefficient (Wildman–Crippen LogP) is 4.80. The summed E-state index contributed by atoms with van der Waals surface area (Å²) in [6.45, 7) is 8.05. The van der Waals surface area contributed by atoms with Gasteiger partial charge in [0.1, 0.15) is 23.3 Å². The average molecular weight is 501 g/mol. The molecular formula is C24H32N6O2S2. The number of nitrogen functional groups attached to an aromatic ring is 2. The third-order valence-corrected chi connectivity index (χ3v) is 7.78. The molecule has 10 heteroatoms. The van der Waals surface area contributed by atoms with E-state index in [1.54, 1.807) is 24.5 Å². The lowest BCUT2D eigenvalue weighted by atomic mass is 10.1. The van der Waals surface area contributed by atoms with E-state index in [9.17, 15) is 0 Å². The Bertz CT molecular complexity index is 1100. The van der Waals surface area contributed by atoms with Gasteiger partial charge in [0.05, 0.1) is 18.1 Å². The van der Waals surface area contributed by atoms with E-state index in [4.69, 9.17) is 25.9 Å². The van der Waals surface area contributed by atoms with Crippen LogP contribution < -0.4 is 20.9 Å². The van der Waals surface area contributed by atoms with E-state index in [-0.39, 0.29) is 5.25 Å². The number of aryl methyl sites for hydroxylation is 1. The van der Waals surface area contributed by atoms with Gasteiger partial charge in [-0.25, -0.2) is 15.0 Å². The molecule has 4 rings (SSSR count). The number of aromatic nitrogens is 3. The molecular weight excluding hydrogens is 468 g/mol. The molecule has 4 N–H and O–H groups in total. The minimum Gasteiger partial charge on any atom is -0.493 e. The number of thiazole rings is 1. The van der Waals surface area contributed by atoms with Gasteiger partial charge in [-0.05, 0) is 58.0 Å². The first kappa shape index (κ1) is 24.6. The van der Waals surface area contributed by atoms with Gasteiger partial charge in [0.25, 0.3) is 0 Å². The van der Waals surface area contributed by atoms with Crippen LogP contribution in [0.4, 0.5) is 11.6 Å². The van der Waals surface area contributed by atoms with E-state index in [0.717, 1.165) is 52.3 Å². The van der Waals surface area contributed by atoms with Crippen LogP contribution in [-0.2, 0) is 0 Å². The van der Waals surface area contributed by atoms with Gasteiger partial charge in [0.2, 0.25) is 0 Å². The minimum atomic E-state index is 0.0460. The van der Waals surface area contributed by atoms with Gasteiger partial charge >= 0.3 is 0 Å². The second-order valence-electron chi connectivity index (χ2n) is 8.34. The zero-order valence-corrected chi connectivity index (χ0v) is 21.5. The van der Waals surface area contributed by atoms with Crippen LogP contribution >= 0.6 is 23.1 Å². The molecule has 0 unspecified atom stereocenters. The number of methoxy groups -OCH3 is 1. The van der Waals surface area contributed by atoms with Crippen molar-refractivity contribution < 1.29 is 9.47 Å². The minimum absolute atomic E-state index is 0.0460. The summed E-state index contributed by atoms with van der Waals surface area (Å²) in [6.07, 6.45) is 3.89. The molecule has 0 amide bonds. The fourth-order valence-electron chi connectivity index (χ4n) is 4.03. The van der Waals surface area contributed by atoms with Gasteiger partial charge < -0.3 is 20.9 Å². The first-order chi connectivity index (χ1) is 16.4. The van der Waals surface area contributed by atoms with Crippen LogP contribution in [0.5, 0.6) is 11.5 Å². The van der Waals surface area contributed by atoms with Crippen LogP contribution in [0.2, 0.25) is 0 Å². The van der Waals surface area contributed by atoms with Crippen molar-refractivity contribution in [2.24, 2.45) is 0 Å². The molecule has 3 heterocycles. The summed E-state index contributed by atoms with van der Waals surface area (Å²) in [7, 11) is 1.67. The number of hydrogen-bond acceptors (Lipinski definition) is 10. The van der Waals surface area contributed by atoms with Crippen molar-refractivity contribution in [3.63, 3.8) is 0 Å². The topological polar surface area (TPSA) is 112 Å². The Kier molecular flexibility index (Phi) is 8.12. The average Bonchev–Trinajstić information content (AvgIpc) is 3.21. The lowest BCUT2D eigenvalue weighted by Crippen LogP contribution is -2.33. The zero-order valence-electron chi connectivity index (χ0n) is 19.9. The van der Waals surface area contributed by atoms with E-state index < -0.39 is 0 Å². The molecule has 1 fully saturated rings. The SMILES string of the molecule is COc1ccc(-c2nc([C@@H](C)Sc3nc(N)cc(N)n3)c(C)s2)cc1OCCN1CCCCC1. The highest BCUT2D eigenvalue weighted by atomic mass is 32.2. The van der Waals surface area contributed by atoms with Crippen LogP contribution in [0.25, 0.3) is 10.6 Å². The van der Waals surface area contributed by atoms with Gasteiger partial charge in [-0.3, -0.25) is 4.90 Å². The summed E-state index contributed by atoms with van der Waals surface area (Å²) >= 11 is 3.16. The fourth-order valence-corrected chi connectivity index (χ4v) is 6.08. The molecule has 1 aromatic carbocycles. The van der Waals surface area contributed by atoms with Crippen molar-refractivity contribution in [2.75, 3.05) is 44.8 Å². The second-order valence-corrected chi connectivity index (χ2v) is 10.8. The number of ether oxygens (including phenoxy) is 2. The van der Waals surface area contributed by atoms with Crippen molar-refractivity contribution >= 4 is 34.7 Å². The van der Waals surface area contributed by atoms with E-state index in [1.165, 1.54) is 31.0 Å². The molecule has 0 radical (unpaired) electrons. The van der Waals surface area contributed by atoms with E-state index >= 15 is 0 Å². The number of rotatable bonds is 9. The number of thioether (sulfide) groups is 1. The lowest BCUT2D eigenvalue weighted by molar-refractivity contribution is 0.180. The van der Waals surface area contributed by atoms with Crippen LogP contribution in [0.3, 0.4) is 0 Å². The third kappa shape index (κ3) is 6.11. The zero-order chi connectivity index (χ0) is 24.1. The largest absolute Gasteiger partial charge is 0.493 e. The molecule has 8 nitrogen and oxygen atoms in total. The van der Waals surface area contributed by atoms with Crippen molar-refractivity contribution in [1.82, 2.24) is 19.9 Å². The van der Waals surface area contributed by atoms with Crippen molar-refractivity contribution in [3.8, 4) is 22.1 Å².